The van der Waals surface area contributed by atoms with Gasteiger partial charge < -0.3 is 14.6 Å². The van der Waals surface area contributed by atoms with E-state index in [4.69, 9.17) is 43.0 Å². The van der Waals surface area contributed by atoms with E-state index in [9.17, 15) is 4.79 Å². The third-order valence-electron chi connectivity index (χ3n) is 2.44. The van der Waals surface area contributed by atoms with Gasteiger partial charge in [-0.05, 0) is 30.3 Å². The van der Waals surface area contributed by atoms with E-state index in [-0.39, 0.29) is 5.75 Å². The Morgan fingerprint density at radius 2 is 1.64 bits per heavy atom. The molecular formula is C15H9Cl2NO4. The molecule has 0 fully saturated rings. The molecule has 0 spiro atoms. The second-order valence-electron chi connectivity index (χ2n) is 4.19. The number of benzene rings is 2. The van der Waals surface area contributed by atoms with Crippen LogP contribution in [0.2, 0.25) is 10.0 Å². The Kier molecular flexibility index (Phi) is 5.10. The zero-order chi connectivity index (χ0) is 16.1. The van der Waals surface area contributed by atoms with Crippen molar-refractivity contribution in [2.45, 2.75) is 0 Å². The Morgan fingerprint density at radius 3 is 2.27 bits per heavy atom. The van der Waals surface area contributed by atoms with E-state index in [2.05, 4.69) is 0 Å². The van der Waals surface area contributed by atoms with Gasteiger partial charge in [-0.3, -0.25) is 0 Å². The molecule has 0 aliphatic rings. The van der Waals surface area contributed by atoms with Crippen LogP contribution in [0.5, 0.6) is 17.2 Å². The van der Waals surface area contributed by atoms with Crippen molar-refractivity contribution < 1.29 is 19.4 Å². The fraction of sp³-hybridized carbons (Fsp3) is 0.0667. The van der Waals surface area contributed by atoms with Gasteiger partial charge in [-0.25, -0.2) is 4.79 Å². The number of carboxylic acids is 1. The molecule has 0 bridgehead atoms. The van der Waals surface area contributed by atoms with E-state index >= 15 is 0 Å². The first-order valence-corrected chi connectivity index (χ1v) is 6.75. The molecule has 0 unspecified atom stereocenters. The molecule has 2 aromatic rings. The van der Waals surface area contributed by atoms with Crippen LogP contribution in [-0.4, -0.2) is 17.7 Å². The van der Waals surface area contributed by atoms with Gasteiger partial charge >= 0.3 is 5.97 Å². The first-order chi connectivity index (χ1) is 10.5. The van der Waals surface area contributed by atoms with Crippen LogP contribution in [0, 0.1) is 11.3 Å². The molecule has 2 rings (SSSR count). The third kappa shape index (κ3) is 4.55. The number of nitrogens with zero attached hydrogens (tertiary/aromatic N) is 1. The van der Waals surface area contributed by atoms with Gasteiger partial charge in [0.05, 0.1) is 11.6 Å². The second kappa shape index (κ2) is 7.03. The van der Waals surface area contributed by atoms with Crippen LogP contribution in [0.25, 0.3) is 0 Å². The lowest BCUT2D eigenvalue weighted by Gasteiger charge is -2.10. The number of nitriles is 1. The average molecular weight is 338 g/mol. The maximum absolute atomic E-state index is 10.5. The van der Waals surface area contributed by atoms with E-state index in [1.807, 2.05) is 6.07 Å². The monoisotopic (exact) mass is 337 g/mol. The van der Waals surface area contributed by atoms with Crippen molar-refractivity contribution in [3.8, 4) is 23.3 Å². The SMILES string of the molecule is N#Cc1cc(Cl)cc(Oc2cc(Cl)cc(OCC(=O)O)c2)c1. The van der Waals surface area contributed by atoms with Gasteiger partial charge in [0, 0.05) is 16.1 Å². The predicted molar refractivity (Wildman–Crippen MR) is 80.8 cm³/mol. The first kappa shape index (κ1) is 16.0. The maximum atomic E-state index is 10.5. The van der Waals surface area contributed by atoms with Crippen molar-refractivity contribution in [1.29, 1.82) is 5.26 Å². The molecule has 0 aromatic heterocycles. The molecule has 22 heavy (non-hydrogen) atoms. The topological polar surface area (TPSA) is 79.5 Å². The summed E-state index contributed by atoms with van der Waals surface area (Å²) in [6, 6.07) is 11.0. The predicted octanol–water partition coefficient (Wildman–Crippen LogP) is 4.12. The number of rotatable bonds is 5. The third-order valence-corrected chi connectivity index (χ3v) is 2.88. The summed E-state index contributed by atoms with van der Waals surface area (Å²) in [5, 5.41) is 18.2. The Hall–Kier alpha value is -2.42. The summed E-state index contributed by atoms with van der Waals surface area (Å²) in [4.78, 5) is 10.5. The number of aliphatic carboxylic acids is 1. The van der Waals surface area contributed by atoms with E-state index in [0.29, 0.717) is 27.1 Å². The zero-order valence-electron chi connectivity index (χ0n) is 11.0. The van der Waals surface area contributed by atoms with Crippen molar-refractivity contribution in [3.63, 3.8) is 0 Å². The lowest BCUT2D eigenvalue weighted by atomic mass is 10.2. The minimum Gasteiger partial charge on any atom is -0.482 e. The Morgan fingerprint density at radius 1 is 1.05 bits per heavy atom. The van der Waals surface area contributed by atoms with Crippen LogP contribution in [0.3, 0.4) is 0 Å². The number of ether oxygens (including phenoxy) is 2. The van der Waals surface area contributed by atoms with Crippen LogP contribution >= 0.6 is 23.2 Å². The average Bonchev–Trinajstić information content (AvgIpc) is 2.43. The number of carbonyl (C=O) groups is 1. The summed E-state index contributed by atoms with van der Waals surface area (Å²) < 4.78 is 10.6. The molecule has 1 N–H and O–H groups in total. The van der Waals surface area contributed by atoms with Crippen LogP contribution in [0.1, 0.15) is 5.56 Å². The maximum Gasteiger partial charge on any atom is 0.341 e. The Labute approximate surface area is 136 Å². The number of carboxylic acid groups (broad SMARTS) is 1. The normalized spacial score (nSPS) is 9.86. The quantitative estimate of drug-likeness (QED) is 0.887. The number of halogens is 2. The summed E-state index contributed by atoms with van der Waals surface area (Å²) in [5.41, 5.74) is 0.354. The highest BCUT2D eigenvalue weighted by atomic mass is 35.5. The van der Waals surface area contributed by atoms with Crippen molar-refractivity contribution in [2.24, 2.45) is 0 Å². The van der Waals surface area contributed by atoms with Gasteiger partial charge in [0.1, 0.15) is 17.2 Å². The minimum absolute atomic E-state index is 0.257. The summed E-state index contributed by atoms with van der Waals surface area (Å²) in [5.74, 6) is -0.155. The molecule has 0 saturated heterocycles. The summed E-state index contributed by atoms with van der Waals surface area (Å²) in [6.45, 7) is -0.491. The van der Waals surface area contributed by atoms with Gasteiger partial charge in [0.2, 0.25) is 0 Å². The van der Waals surface area contributed by atoms with Gasteiger partial charge in [0.25, 0.3) is 0 Å². The highest BCUT2D eigenvalue weighted by Gasteiger charge is 2.07. The zero-order valence-corrected chi connectivity index (χ0v) is 12.6. The van der Waals surface area contributed by atoms with E-state index in [1.165, 1.54) is 30.3 Å². The van der Waals surface area contributed by atoms with E-state index in [0.717, 1.165) is 0 Å². The summed E-state index contributed by atoms with van der Waals surface area (Å²) in [6.07, 6.45) is 0. The van der Waals surface area contributed by atoms with Crippen molar-refractivity contribution in [1.82, 2.24) is 0 Å². The smallest absolute Gasteiger partial charge is 0.341 e. The first-order valence-electron chi connectivity index (χ1n) is 6.00. The molecule has 7 heteroatoms. The molecule has 0 heterocycles. The molecule has 0 aliphatic carbocycles. The molecule has 0 aliphatic heterocycles. The van der Waals surface area contributed by atoms with Crippen LogP contribution in [0.4, 0.5) is 0 Å². The molecule has 5 nitrogen and oxygen atoms in total. The van der Waals surface area contributed by atoms with Crippen LogP contribution in [-0.2, 0) is 4.79 Å². The van der Waals surface area contributed by atoms with Gasteiger partial charge in [-0.2, -0.15) is 5.26 Å². The highest BCUT2D eigenvalue weighted by molar-refractivity contribution is 6.31. The fourth-order valence-corrected chi connectivity index (χ4v) is 2.09. The van der Waals surface area contributed by atoms with Crippen molar-refractivity contribution in [2.75, 3.05) is 6.61 Å². The van der Waals surface area contributed by atoms with E-state index in [1.54, 1.807) is 6.07 Å². The summed E-state index contributed by atoms with van der Waals surface area (Å²) in [7, 11) is 0. The second-order valence-corrected chi connectivity index (χ2v) is 5.07. The minimum atomic E-state index is -1.10. The van der Waals surface area contributed by atoms with Crippen molar-refractivity contribution in [3.05, 3.63) is 52.0 Å². The number of hydrogen-bond donors (Lipinski definition) is 1. The Bertz CT molecular complexity index is 756. The largest absolute Gasteiger partial charge is 0.482 e. The number of hydrogen-bond acceptors (Lipinski definition) is 4. The van der Waals surface area contributed by atoms with Crippen LogP contribution < -0.4 is 9.47 Å². The summed E-state index contributed by atoms with van der Waals surface area (Å²) >= 11 is 11.8. The molecule has 0 saturated carbocycles. The van der Waals surface area contributed by atoms with Gasteiger partial charge in [-0.15, -0.1) is 0 Å². The van der Waals surface area contributed by atoms with Crippen molar-refractivity contribution >= 4 is 29.2 Å². The molecular weight excluding hydrogens is 329 g/mol. The highest BCUT2D eigenvalue weighted by Crippen LogP contribution is 2.31. The standard InChI is InChI=1S/C15H9Cl2NO4/c16-10-1-9(7-18)2-13(4-10)22-14-5-11(17)3-12(6-14)21-8-15(19)20/h1-6H,8H2,(H,19,20). The lowest BCUT2D eigenvalue weighted by molar-refractivity contribution is -0.139. The molecule has 0 radical (unpaired) electrons. The molecule has 2 aromatic carbocycles. The molecule has 0 amide bonds. The fourth-order valence-electron chi connectivity index (χ4n) is 1.65. The lowest BCUT2D eigenvalue weighted by Crippen LogP contribution is -2.09. The molecule has 112 valence electrons. The van der Waals surface area contributed by atoms with E-state index < -0.39 is 12.6 Å². The van der Waals surface area contributed by atoms with Gasteiger partial charge in [-0.1, -0.05) is 23.2 Å². The molecule has 0 atom stereocenters. The van der Waals surface area contributed by atoms with Gasteiger partial charge in [0.15, 0.2) is 6.61 Å². The Balaban J connectivity index is 2.24. The van der Waals surface area contributed by atoms with Crippen LogP contribution in [0.15, 0.2) is 36.4 Å².